The molecule has 1 rings (SSSR count). The summed E-state index contributed by atoms with van der Waals surface area (Å²) in [7, 11) is 0. The van der Waals surface area contributed by atoms with Gasteiger partial charge in [0.25, 0.3) is 0 Å². The van der Waals surface area contributed by atoms with Gasteiger partial charge >= 0.3 is 0 Å². The zero-order valence-corrected chi connectivity index (χ0v) is 10.5. The second-order valence-electron chi connectivity index (χ2n) is 3.22. The minimum Gasteiger partial charge on any atom is -0.369 e. The molecular weight excluding hydrogens is 291 g/mol. The van der Waals surface area contributed by atoms with Gasteiger partial charge in [0.1, 0.15) is 3.70 Å². The zero-order valence-electron chi connectivity index (χ0n) is 8.37. The van der Waals surface area contributed by atoms with Gasteiger partial charge in [0.05, 0.1) is 0 Å². The van der Waals surface area contributed by atoms with Gasteiger partial charge in [-0.1, -0.05) is 6.92 Å². The first-order valence-electron chi connectivity index (χ1n) is 4.48. The Hall–Kier alpha value is -0.560. The number of imidazole rings is 1. The molecule has 5 heteroatoms. The number of anilines is 1. The van der Waals surface area contributed by atoms with Crippen LogP contribution in [-0.4, -0.2) is 15.6 Å². The standard InChI is InChI=1S/C9H15IN4/c1-3-7(11)6(2)4-14-5-8(10)13-9(14)12/h4-5,7H,3,11H2,1-2H3,(H2,12,13)/b6-4-. The third-order valence-electron chi connectivity index (χ3n) is 2.10. The Morgan fingerprint density at radius 3 is 2.86 bits per heavy atom. The van der Waals surface area contributed by atoms with E-state index in [1.165, 1.54) is 0 Å². The molecule has 1 aromatic heterocycles. The minimum atomic E-state index is 0.0921. The summed E-state index contributed by atoms with van der Waals surface area (Å²) in [6.45, 7) is 4.06. The molecule has 1 heterocycles. The molecule has 0 aliphatic carbocycles. The average Bonchev–Trinajstić information content (AvgIpc) is 2.44. The lowest BCUT2D eigenvalue weighted by molar-refractivity contribution is 0.740. The summed E-state index contributed by atoms with van der Waals surface area (Å²) in [4.78, 5) is 4.09. The topological polar surface area (TPSA) is 69.9 Å². The van der Waals surface area contributed by atoms with Crippen molar-refractivity contribution >= 4 is 34.7 Å². The van der Waals surface area contributed by atoms with Crippen LogP contribution in [0.4, 0.5) is 5.95 Å². The fraction of sp³-hybridized carbons (Fsp3) is 0.444. The van der Waals surface area contributed by atoms with Crippen molar-refractivity contribution in [1.29, 1.82) is 0 Å². The molecule has 78 valence electrons. The highest BCUT2D eigenvalue weighted by Crippen LogP contribution is 2.11. The maximum atomic E-state index is 5.88. The summed E-state index contributed by atoms with van der Waals surface area (Å²) < 4.78 is 2.68. The molecule has 14 heavy (non-hydrogen) atoms. The third-order valence-corrected chi connectivity index (χ3v) is 2.62. The average molecular weight is 306 g/mol. The van der Waals surface area contributed by atoms with Crippen molar-refractivity contribution < 1.29 is 0 Å². The van der Waals surface area contributed by atoms with E-state index in [1.807, 2.05) is 19.3 Å². The number of hydrogen-bond donors (Lipinski definition) is 2. The van der Waals surface area contributed by atoms with Crippen LogP contribution in [0.25, 0.3) is 6.20 Å². The lowest BCUT2D eigenvalue weighted by Crippen LogP contribution is -2.20. The fourth-order valence-corrected chi connectivity index (χ4v) is 1.66. The van der Waals surface area contributed by atoms with Gasteiger partial charge in [0.15, 0.2) is 0 Å². The van der Waals surface area contributed by atoms with Gasteiger partial charge in [0, 0.05) is 18.4 Å². The summed E-state index contributed by atoms with van der Waals surface area (Å²) in [5.41, 5.74) is 12.7. The van der Waals surface area contributed by atoms with E-state index < -0.39 is 0 Å². The van der Waals surface area contributed by atoms with Crippen LogP contribution in [0.1, 0.15) is 20.3 Å². The van der Waals surface area contributed by atoms with Crippen molar-refractivity contribution in [2.75, 3.05) is 5.73 Å². The maximum Gasteiger partial charge on any atom is 0.205 e. The van der Waals surface area contributed by atoms with E-state index in [1.54, 1.807) is 4.57 Å². The summed E-state index contributed by atoms with van der Waals surface area (Å²) in [5.74, 6) is 0.497. The van der Waals surface area contributed by atoms with Gasteiger partial charge in [-0.2, -0.15) is 0 Å². The Balaban J connectivity index is 2.91. The molecule has 0 fully saturated rings. The lowest BCUT2D eigenvalue weighted by Gasteiger charge is -2.09. The third kappa shape index (κ3) is 2.71. The number of nitrogens with zero attached hydrogens (tertiary/aromatic N) is 2. The highest BCUT2D eigenvalue weighted by molar-refractivity contribution is 14.1. The van der Waals surface area contributed by atoms with Crippen molar-refractivity contribution in [3.05, 3.63) is 15.5 Å². The molecular formula is C9H15IN4. The van der Waals surface area contributed by atoms with Crippen molar-refractivity contribution in [3.8, 4) is 0 Å². The largest absolute Gasteiger partial charge is 0.369 e. The molecule has 1 unspecified atom stereocenters. The van der Waals surface area contributed by atoms with Gasteiger partial charge in [-0.15, -0.1) is 0 Å². The molecule has 4 nitrogen and oxygen atoms in total. The zero-order chi connectivity index (χ0) is 10.7. The minimum absolute atomic E-state index is 0.0921. The molecule has 1 atom stereocenters. The summed E-state index contributed by atoms with van der Waals surface area (Å²) in [6.07, 6.45) is 4.73. The summed E-state index contributed by atoms with van der Waals surface area (Å²) in [5, 5.41) is 0. The van der Waals surface area contributed by atoms with Crippen molar-refractivity contribution in [2.45, 2.75) is 26.3 Å². The van der Waals surface area contributed by atoms with Gasteiger partial charge < -0.3 is 11.5 Å². The van der Waals surface area contributed by atoms with E-state index in [0.717, 1.165) is 15.7 Å². The maximum absolute atomic E-state index is 5.88. The molecule has 0 bridgehead atoms. The van der Waals surface area contributed by atoms with E-state index in [9.17, 15) is 0 Å². The van der Waals surface area contributed by atoms with Crippen LogP contribution in [-0.2, 0) is 0 Å². The van der Waals surface area contributed by atoms with Crippen LogP contribution in [0.3, 0.4) is 0 Å². The van der Waals surface area contributed by atoms with E-state index in [0.29, 0.717) is 5.95 Å². The van der Waals surface area contributed by atoms with Gasteiger partial charge in [-0.3, -0.25) is 4.57 Å². The Bertz CT molecular complexity index is 343. The predicted molar refractivity (Wildman–Crippen MR) is 67.6 cm³/mol. The lowest BCUT2D eigenvalue weighted by atomic mass is 10.1. The summed E-state index contributed by atoms with van der Waals surface area (Å²) >= 11 is 2.13. The first-order valence-corrected chi connectivity index (χ1v) is 5.56. The van der Waals surface area contributed by atoms with Crippen LogP contribution in [0.5, 0.6) is 0 Å². The highest BCUT2D eigenvalue weighted by Gasteiger charge is 2.04. The van der Waals surface area contributed by atoms with Crippen molar-refractivity contribution in [2.24, 2.45) is 5.73 Å². The summed E-state index contributed by atoms with van der Waals surface area (Å²) in [6, 6.07) is 0.0921. The second kappa shape index (κ2) is 4.79. The quantitative estimate of drug-likeness (QED) is 0.835. The molecule has 0 saturated carbocycles. The molecule has 0 aliphatic rings. The van der Waals surface area contributed by atoms with Crippen LogP contribution >= 0.6 is 22.6 Å². The molecule has 0 saturated heterocycles. The first kappa shape index (κ1) is 11.5. The van der Waals surface area contributed by atoms with Crippen molar-refractivity contribution in [3.63, 3.8) is 0 Å². The molecule has 0 radical (unpaired) electrons. The van der Waals surface area contributed by atoms with Gasteiger partial charge in [-0.25, -0.2) is 4.98 Å². The monoisotopic (exact) mass is 306 g/mol. The Morgan fingerprint density at radius 1 is 1.79 bits per heavy atom. The van der Waals surface area contributed by atoms with Gasteiger partial charge in [0.2, 0.25) is 5.95 Å². The number of nitrogens with two attached hydrogens (primary N) is 2. The molecule has 0 spiro atoms. The Labute approximate surface area is 97.5 Å². The molecule has 0 amide bonds. The van der Waals surface area contributed by atoms with Crippen molar-refractivity contribution in [1.82, 2.24) is 9.55 Å². The second-order valence-corrected chi connectivity index (χ2v) is 4.32. The van der Waals surface area contributed by atoms with E-state index in [4.69, 9.17) is 11.5 Å². The first-order chi connectivity index (χ1) is 6.54. The van der Waals surface area contributed by atoms with Gasteiger partial charge in [-0.05, 0) is 41.5 Å². The van der Waals surface area contributed by atoms with E-state index >= 15 is 0 Å². The van der Waals surface area contributed by atoms with Crippen LogP contribution in [0.15, 0.2) is 11.8 Å². The molecule has 1 aromatic rings. The molecule has 0 aliphatic heterocycles. The number of nitrogen functional groups attached to an aromatic ring is 1. The highest BCUT2D eigenvalue weighted by atomic mass is 127. The van der Waals surface area contributed by atoms with Crippen LogP contribution < -0.4 is 11.5 Å². The van der Waals surface area contributed by atoms with Crippen LogP contribution in [0, 0.1) is 3.70 Å². The number of rotatable bonds is 3. The predicted octanol–water partition coefficient (Wildman–Crippen LogP) is 1.67. The molecule has 0 aromatic carbocycles. The number of hydrogen-bond acceptors (Lipinski definition) is 3. The van der Waals surface area contributed by atoms with E-state index in [2.05, 4.69) is 34.5 Å². The van der Waals surface area contributed by atoms with E-state index in [-0.39, 0.29) is 6.04 Å². The smallest absolute Gasteiger partial charge is 0.205 e. The Morgan fingerprint density at radius 2 is 2.43 bits per heavy atom. The normalized spacial score (nSPS) is 14.4. The molecule has 4 N–H and O–H groups in total. The Kier molecular flexibility index (Phi) is 3.94. The number of halogens is 1. The van der Waals surface area contributed by atoms with Crippen LogP contribution in [0.2, 0.25) is 0 Å². The SMILES string of the molecule is CCC(N)/C(C)=C\n1cc(I)nc1N. The number of aromatic nitrogens is 2. The fourth-order valence-electron chi connectivity index (χ4n) is 1.12.